The van der Waals surface area contributed by atoms with Crippen molar-refractivity contribution in [2.24, 2.45) is 0 Å². The Balaban J connectivity index is 1.59. The third-order valence-corrected chi connectivity index (χ3v) is 4.78. The van der Waals surface area contributed by atoms with Crippen LogP contribution in [0.1, 0.15) is 42.4 Å². The van der Waals surface area contributed by atoms with E-state index in [9.17, 15) is 19.6 Å². The molecule has 2 amide bonds. The number of nitrogens with zero attached hydrogens (tertiary/aromatic N) is 1. The summed E-state index contributed by atoms with van der Waals surface area (Å²) in [6, 6.07) is 17.3. The molecule has 33 heavy (non-hydrogen) atoms. The number of unbranched alkanes of at least 4 members (excludes halogenated alkanes) is 1. The van der Waals surface area contributed by atoms with Gasteiger partial charge < -0.3 is 20.5 Å². The number of hydrogen-bond acceptors (Lipinski definition) is 6. The molecule has 2 aromatic rings. The number of carbonyl (C=O) groups is 3. The molecule has 0 heterocycles. The smallest absolute Gasteiger partial charge is 0.407 e. The number of alkyl carbamates (subject to hydrolysis) is 1. The zero-order valence-corrected chi connectivity index (χ0v) is 18.5. The molecule has 0 atom stereocenters. The minimum absolute atomic E-state index is 0.166. The van der Waals surface area contributed by atoms with Gasteiger partial charge in [-0.15, -0.1) is 0 Å². The molecule has 0 aliphatic carbocycles. The highest BCUT2D eigenvalue weighted by Crippen LogP contribution is 2.07. The second-order valence-corrected chi connectivity index (χ2v) is 7.53. The van der Waals surface area contributed by atoms with Gasteiger partial charge in [0.25, 0.3) is 0 Å². The van der Waals surface area contributed by atoms with Crippen molar-refractivity contribution in [2.75, 3.05) is 13.1 Å². The van der Waals surface area contributed by atoms with Crippen LogP contribution in [-0.4, -0.2) is 46.4 Å². The number of hydrogen-bond donors (Lipinski definition) is 4. The summed E-state index contributed by atoms with van der Waals surface area (Å²) in [5.41, 5.74) is 2.94. The van der Waals surface area contributed by atoms with E-state index in [-0.39, 0.29) is 26.0 Å². The van der Waals surface area contributed by atoms with Crippen molar-refractivity contribution in [3.63, 3.8) is 0 Å². The average Bonchev–Trinajstić information content (AvgIpc) is 2.82. The van der Waals surface area contributed by atoms with E-state index in [0.717, 1.165) is 23.1 Å². The summed E-state index contributed by atoms with van der Waals surface area (Å²) in [6.45, 7) is 2.08. The molecule has 0 aromatic heterocycles. The topological polar surface area (TPSA) is 128 Å². The van der Waals surface area contributed by atoms with Gasteiger partial charge in [0.1, 0.15) is 6.61 Å². The Hall–Kier alpha value is -3.43. The lowest BCUT2D eigenvalue weighted by Gasteiger charge is -2.14. The Morgan fingerprint density at radius 3 is 2.36 bits per heavy atom. The van der Waals surface area contributed by atoms with Gasteiger partial charge in [0.15, 0.2) is 0 Å². The highest BCUT2D eigenvalue weighted by molar-refractivity contribution is 5.79. The van der Waals surface area contributed by atoms with E-state index in [1.807, 2.05) is 54.6 Å². The summed E-state index contributed by atoms with van der Waals surface area (Å²) in [5.74, 6) is -1.65. The number of carboxylic acids is 1. The summed E-state index contributed by atoms with van der Waals surface area (Å²) >= 11 is 0. The van der Waals surface area contributed by atoms with Crippen molar-refractivity contribution >= 4 is 18.0 Å². The SMILES string of the molecule is O=C(O)CCC(=O)N(O)CCCCNCc1cccc(COC(=O)NCc2ccccc2)c1. The van der Waals surface area contributed by atoms with Gasteiger partial charge in [0.05, 0.1) is 6.42 Å². The predicted octanol–water partition coefficient (Wildman–Crippen LogP) is 3.07. The number of ether oxygens (including phenoxy) is 1. The van der Waals surface area contributed by atoms with Crippen LogP contribution in [0.15, 0.2) is 54.6 Å². The predicted molar refractivity (Wildman–Crippen MR) is 121 cm³/mol. The van der Waals surface area contributed by atoms with Gasteiger partial charge in [-0.3, -0.25) is 14.8 Å². The molecule has 0 radical (unpaired) electrons. The van der Waals surface area contributed by atoms with Gasteiger partial charge in [-0.1, -0.05) is 54.6 Å². The minimum atomic E-state index is -1.07. The highest BCUT2D eigenvalue weighted by atomic mass is 16.5. The van der Waals surface area contributed by atoms with Crippen LogP contribution in [-0.2, 0) is 34.0 Å². The first-order chi connectivity index (χ1) is 15.9. The normalized spacial score (nSPS) is 10.5. The molecule has 178 valence electrons. The Morgan fingerprint density at radius 2 is 1.61 bits per heavy atom. The lowest BCUT2D eigenvalue weighted by Crippen LogP contribution is -2.29. The van der Waals surface area contributed by atoms with E-state index in [1.165, 1.54) is 0 Å². The number of carboxylic acid groups (broad SMARTS) is 1. The third-order valence-electron chi connectivity index (χ3n) is 4.78. The van der Waals surface area contributed by atoms with Crippen molar-refractivity contribution < 1.29 is 29.4 Å². The summed E-state index contributed by atoms with van der Waals surface area (Å²) < 4.78 is 5.28. The Morgan fingerprint density at radius 1 is 0.879 bits per heavy atom. The quantitative estimate of drug-likeness (QED) is 0.195. The van der Waals surface area contributed by atoms with Crippen molar-refractivity contribution in [1.29, 1.82) is 0 Å². The largest absolute Gasteiger partial charge is 0.481 e. The standard InChI is InChI=1S/C24H31N3O6/c28-22(11-12-23(29)30)27(32)14-5-4-13-25-16-20-9-6-10-21(15-20)18-33-24(31)26-17-19-7-2-1-3-8-19/h1-3,6-10,15,25,32H,4-5,11-14,16-18H2,(H,26,31)(H,29,30). The van der Waals surface area contributed by atoms with E-state index in [2.05, 4.69) is 10.6 Å². The zero-order chi connectivity index (χ0) is 23.9. The number of hydroxylamine groups is 2. The molecule has 4 N–H and O–H groups in total. The van der Waals surface area contributed by atoms with Crippen LogP contribution in [0.5, 0.6) is 0 Å². The lowest BCUT2D eigenvalue weighted by molar-refractivity contribution is -0.166. The Kier molecular flexibility index (Phi) is 11.4. The molecule has 0 unspecified atom stereocenters. The van der Waals surface area contributed by atoms with Crippen LogP contribution in [0.2, 0.25) is 0 Å². The number of nitrogens with one attached hydrogen (secondary N) is 2. The first-order valence-electron chi connectivity index (χ1n) is 10.9. The number of carbonyl (C=O) groups excluding carboxylic acids is 2. The zero-order valence-electron chi connectivity index (χ0n) is 18.5. The molecular formula is C24H31N3O6. The first-order valence-corrected chi connectivity index (χ1v) is 10.9. The molecule has 9 nitrogen and oxygen atoms in total. The van der Waals surface area contributed by atoms with Crippen molar-refractivity contribution in [1.82, 2.24) is 15.7 Å². The van der Waals surface area contributed by atoms with Gasteiger partial charge in [0.2, 0.25) is 5.91 Å². The first kappa shape index (κ1) is 25.8. The van der Waals surface area contributed by atoms with Crippen LogP contribution in [0.4, 0.5) is 4.79 Å². The monoisotopic (exact) mass is 457 g/mol. The fraction of sp³-hybridized carbons (Fsp3) is 0.375. The maximum atomic E-state index is 11.9. The Labute approximate surface area is 193 Å². The summed E-state index contributed by atoms with van der Waals surface area (Å²) in [4.78, 5) is 33.9. The average molecular weight is 458 g/mol. The van der Waals surface area contributed by atoms with Crippen LogP contribution >= 0.6 is 0 Å². The number of rotatable bonds is 14. The third kappa shape index (κ3) is 11.1. The number of benzene rings is 2. The van der Waals surface area contributed by atoms with Gasteiger partial charge in [-0.2, -0.15) is 0 Å². The highest BCUT2D eigenvalue weighted by Gasteiger charge is 2.12. The van der Waals surface area contributed by atoms with E-state index in [1.54, 1.807) is 0 Å². The number of aliphatic carboxylic acids is 1. The molecule has 2 aromatic carbocycles. The molecule has 0 fully saturated rings. The van der Waals surface area contributed by atoms with Crippen LogP contribution < -0.4 is 10.6 Å². The molecule has 2 rings (SSSR count). The van der Waals surface area contributed by atoms with E-state index in [0.29, 0.717) is 31.1 Å². The van der Waals surface area contributed by atoms with E-state index >= 15 is 0 Å². The lowest BCUT2D eigenvalue weighted by atomic mass is 10.1. The molecule has 0 saturated carbocycles. The fourth-order valence-electron chi connectivity index (χ4n) is 3.01. The molecule has 0 saturated heterocycles. The van der Waals surface area contributed by atoms with Gasteiger partial charge >= 0.3 is 12.1 Å². The van der Waals surface area contributed by atoms with Crippen molar-refractivity contribution in [3.05, 3.63) is 71.3 Å². The molecule has 0 bridgehead atoms. The fourth-order valence-corrected chi connectivity index (χ4v) is 3.01. The van der Waals surface area contributed by atoms with E-state index < -0.39 is 18.0 Å². The second kappa shape index (κ2) is 14.6. The maximum absolute atomic E-state index is 11.9. The van der Waals surface area contributed by atoms with Gasteiger partial charge in [-0.25, -0.2) is 9.86 Å². The van der Waals surface area contributed by atoms with Crippen LogP contribution in [0.3, 0.4) is 0 Å². The van der Waals surface area contributed by atoms with E-state index in [4.69, 9.17) is 9.84 Å². The summed E-state index contributed by atoms with van der Waals surface area (Å²) in [7, 11) is 0. The molecule has 9 heteroatoms. The van der Waals surface area contributed by atoms with Crippen molar-refractivity contribution in [2.45, 2.75) is 45.4 Å². The number of amides is 2. The van der Waals surface area contributed by atoms with Crippen LogP contribution in [0, 0.1) is 0 Å². The second-order valence-electron chi connectivity index (χ2n) is 7.53. The van der Waals surface area contributed by atoms with Crippen molar-refractivity contribution in [3.8, 4) is 0 Å². The van der Waals surface area contributed by atoms with Gasteiger partial charge in [-0.05, 0) is 36.1 Å². The molecule has 0 aliphatic heterocycles. The molecule has 0 aliphatic rings. The summed E-state index contributed by atoms with van der Waals surface area (Å²) in [5, 5.41) is 24.8. The Bertz CT molecular complexity index is 891. The van der Waals surface area contributed by atoms with Gasteiger partial charge in [0, 0.05) is 26.1 Å². The summed E-state index contributed by atoms with van der Waals surface area (Å²) in [6.07, 6.45) is 0.363. The minimum Gasteiger partial charge on any atom is -0.481 e. The molecule has 0 spiro atoms. The van der Waals surface area contributed by atoms with Crippen LogP contribution in [0.25, 0.3) is 0 Å². The molecular weight excluding hydrogens is 426 g/mol. The maximum Gasteiger partial charge on any atom is 0.407 e.